The Balaban J connectivity index is 2.59. The fourth-order valence-electron chi connectivity index (χ4n) is 3.23. The van der Waals surface area contributed by atoms with Crippen molar-refractivity contribution in [3.05, 3.63) is 0 Å². The van der Waals surface area contributed by atoms with Crippen molar-refractivity contribution in [3.8, 4) is 0 Å². The summed E-state index contributed by atoms with van der Waals surface area (Å²) in [7, 11) is 0. The summed E-state index contributed by atoms with van der Waals surface area (Å²) in [5.41, 5.74) is 10.9. The largest absolute Gasteiger partial charge is 0.480 e. The molecule has 0 bridgehead atoms. The van der Waals surface area contributed by atoms with Crippen LogP contribution in [0.15, 0.2) is 0 Å². The zero-order chi connectivity index (χ0) is 22.4. The maximum atomic E-state index is 12.6. The van der Waals surface area contributed by atoms with Crippen LogP contribution in [0.5, 0.6) is 0 Å². The van der Waals surface area contributed by atoms with Gasteiger partial charge in [0.25, 0.3) is 0 Å². The van der Waals surface area contributed by atoms with Crippen molar-refractivity contribution >= 4 is 23.7 Å². The highest BCUT2D eigenvalue weighted by atomic mass is 16.4. The molecule has 0 aromatic rings. The van der Waals surface area contributed by atoms with Gasteiger partial charge in [0.05, 0.1) is 12.6 Å². The van der Waals surface area contributed by atoms with Crippen LogP contribution in [0.1, 0.15) is 51.4 Å². The van der Waals surface area contributed by atoms with E-state index in [0.717, 1.165) is 19.4 Å². The molecule has 30 heavy (non-hydrogen) atoms. The van der Waals surface area contributed by atoms with Gasteiger partial charge in [-0.15, -0.1) is 0 Å². The van der Waals surface area contributed by atoms with Gasteiger partial charge in [0.15, 0.2) is 0 Å². The van der Waals surface area contributed by atoms with E-state index < -0.39 is 29.9 Å². The molecule has 3 atom stereocenters. The van der Waals surface area contributed by atoms with Gasteiger partial charge in [-0.3, -0.25) is 14.4 Å². The van der Waals surface area contributed by atoms with Crippen molar-refractivity contribution in [1.29, 1.82) is 0 Å². The molecule has 0 spiro atoms. The Morgan fingerprint density at radius 3 is 2.13 bits per heavy atom. The number of hydrogen-bond acceptors (Lipinski definition) is 7. The minimum absolute atomic E-state index is 0.252. The molecule has 3 unspecified atom stereocenters. The van der Waals surface area contributed by atoms with Crippen LogP contribution in [0.4, 0.5) is 0 Å². The molecule has 1 fully saturated rings. The van der Waals surface area contributed by atoms with E-state index >= 15 is 0 Å². The lowest BCUT2D eigenvalue weighted by molar-refractivity contribution is -0.142. The Labute approximate surface area is 177 Å². The number of nitrogens with one attached hydrogen (secondary N) is 4. The van der Waals surface area contributed by atoms with E-state index in [2.05, 4.69) is 21.3 Å². The summed E-state index contributed by atoms with van der Waals surface area (Å²) < 4.78 is 0. The maximum Gasteiger partial charge on any atom is 0.326 e. The quantitative estimate of drug-likeness (QED) is 0.148. The molecule has 1 aliphatic heterocycles. The van der Waals surface area contributed by atoms with Crippen LogP contribution in [-0.4, -0.2) is 73.1 Å². The molecule has 1 saturated heterocycles. The fraction of sp³-hybridized carbons (Fsp3) is 0.789. The lowest BCUT2D eigenvalue weighted by atomic mass is 10.1. The zero-order valence-electron chi connectivity index (χ0n) is 17.5. The summed E-state index contributed by atoms with van der Waals surface area (Å²) in [5.74, 6) is -2.46. The molecule has 172 valence electrons. The summed E-state index contributed by atoms with van der Waals surface area (Å²) in [5, 5.41) is 20.0. The highest BCUT2D eigenvalue weighted by Crippen LogP contribution is 2.06. The van der Waals surface area contributed by atoms with Gasteiger partial charge >= 0.3 is 5.97 Å². The average molecular weight is 429 g/mol. The van der Waals surface area contributed by atoms with Gasteiger partial charge in [0.1, 0.15) is 12.1 Å². The number of carboxylic acids is 1. The second kappa shape index (κ2) is 14.7. The van der Waals surface area contributed by atoms with Gasteiger partial charge in [-0.1, -0.05) is 0 Å². The normalized spacial score (nSPS) is 17.7. The predicted octanol–water partition coefficient (Wildman–Crippen LogP) is -1.83. The molecule has 1 heterocycles. The first-order chi connectivity index (χ1) is 14.4. The smallest absolute Gasteiger partial charge is 0.326 e. The van der Waals surface area contributed by atoms with Crippen LogP contribution in [0.25, 0.3) is 0 Å². The third-order valence-corrected chi connectivity index (χ3v) is 4.96. The van der Waals surface area contributed by atoms with E-state index in [-0.39, 0.29) is 24.9 Å². The molecule has 1 rings (SSSR count). The summed E-state index contributed by atoms with van der Waals surface area (Å²) in [6, 6.07) is -2.25. The van der Waals surface area contributed by atoms with Crippen LogP contribution in [-0.2, 0) is 19.2 Å². The van der Waals surface area contributed by atoms with E-state index in [1.54, 1.807) is 0 Å². The van der Waals surface area contributed by atoms with Gasteiger partial charge in [-0.05, 0) is 71.0 Å². The molecule has 1 aliphatic rings. The van der Waals surface area contributed by atoms with Crippen LogP contribution < -0.4 is 32.7 Å². The number of nitrogens with two attached hydrogens (primary N) is 2. The Hall–Kier alpha value is -2.24. The summed E-state index contributed by atoms with van der Waals surface area (Å²) in [6.07, 6.45) is 4.70. The molecule has 11 nitrogen and oxygen atoms in total. The number of amides is 3. The number of hydrogen-bond donors (Lipinski definition) is 7. The molecule has 0 aliphatic carbocycles. The molecule has 0 aromatic heterocycles. The summed E-state index contributed by atoms with van der Waals surface area (Å²) in [4.78, 5) is 48.3. The highest BCUT2D eigenvalue weighted by Gasteiger charge is 2.27. The van der Waals surface area contributed by atoms with Gasteiger partial charge in [0, 0.05) is 0 Å². The molecule has 0 radical (unpaired) electrons. The van der Waals surface area contributed by atoms with Crippen molar-refractivity contribution < 1.29 is 24.3 Å². The van der Waals surface area contributed by atoms with E-state index in [4.69, 9.17) is 11.5 Å². The van der Waals surface area contributed by atoms with Crippen LogP contribution in [0, 0.1) is 0 Å². The van der Waals surface area contributed by atoms with Gasteiger partial charge in [-0.25, -0.2) is 4.79 Å². The minimum atomic E-state index is -1.14. The number of aliphatic carboxylic acids is 1. The molecule has 0 saturated carbocycles. The van der Waals surface area contributed by atoms with Gasteiger partial charge < -0.3 is 37.8 Å². The summed E-state index contributed by atoms with van der Waals surface area (Å²) in [6.45, 7) is 1.41. The number of unbranched alkanes of at least 4 members (excludes halogenated alkanes) is 2. The Morgan fingerprint density at radius 1 is 0.967 bits per heavy atom. The van der Waals surface area contributed by atoms with Crippen LogP contribution >= 0.6 is 0 Å². The van der Waals surface area contributed by atoms with Crippen molar-refractivity contribution in [2.45, 2.75) is 69.5 Å². The fourth-order valence-corrected chi connectivity index (χ4v) is 3.23. The topological polar surface area (TPSA) is 189 Å². The molecular weight excluding hydrogens is 392 g/mol. The van der Waals surface area contributed by atoms with Crippen molar-refractivity contribution in [2.24, 2.45) is 11.5 Å². The monoisotopic (exact) mass is 428 g/mol. The number of carbonyl (C=O) groups is 4. The standard InChI is InChI=1S/C19H36N6O5/c20-9-3-1-6-14(18(28)25-15(19(29)30)7-2-4-10-21)24-16(26)12-23-17(27)13-8-5-11-22-13/h13-15,22H,1-12,20-21H2,(H,23,27)(H,24,26)(H,25,28)(H,29,30). The van der Waals surface area contributed by atoms with Crippen molar-refractivity contribution in [2.75, 3.05) is 26.2 Å². The van der Waals surface area contributed by atoms with Crippen molar-refractivity contribution in [3.63, 3.8) is 0 Å². The van der Waals surface area contributed by atoms with E-state index in [9.17, 15) is 24.3 Å². The Morgan fingerprint density at radius 2 is 1.60 bits per heavy atom. The third-order valence-electron chi connectivity index (χ3n) is 4.96. The first-order valence-electron chi connectivity index (χ1n) is 10.6. The van der Waals surface area contributed by atoms with Crippen molar-refractivity contribution in [1.82, 2.24) is 21.3 Å². The first-order valence-corrected chi connectivity index (χ1v) is 10.6. The molecule has 0 aromatic carbocycles. The molecule has 3 amide bonds. The van der Waals surface area contributed by atoms with E-state index in [0.29, 0.717) is 45.2 Å². The summed E-state index contributed by atoms with van der Waals surface area (Å²) >= 11 is 0. The van der Waals surface area contributed by atoms with Gasteiger partial charge in [-0.2, -0.15) is 0 Å². The molecular formula is C19H36N6O5. The van der Waals surface area contributed by atoms with E-state index in [1.807, 2.05) is 0 Å². The Kier molecular flexibility index (Phi) is 12.6. The van der Waals surface area contributed by atoms with Crippen LogP contribution in [0.3, 0.4) is 0 Å². The zero-order valence-corrected chi connectivity index (χ0v) is 17.5. The van der Waals surface area contributed by atoms with Crippen LogP contribution in [0.2, 0.25) is 0 Å². The number of carboxylic acid groups (broad SMARTS) is 1. The molecule has 11 heteroatoms. The van der Waals surface area contributed by atoms with E-state index in [1.165, 1.54) is 0 Å². The third kappa shape index (κ3) is 9.99. The Bertz CT molecular complexity index is 568. The molecule has 9 N–H and O–H groups in total. The van der Waals surface area contributed by atoms with Gasteiger partial charge in [0.2, 0.25) is 17.7 Å². The number of rotatable bonds is 15. The predicted molar refractivity (Wildman–Crippen MR) is 111 cm³/mol. The second-order valence-corrected chi connectivity index (χ2v) is 7.46. The highest BCUT2D eigenvalue weighted by molar-refractivity contribution is 5.92. The lowest BCUT2D eigenvalue weighted by Crippen LogP contribution is -2.53. The minimum Gasteiger partial charge on any atom is -0.480 e. The number of carbonyl (C=O) groups excluding carboxylic acids is 3. The average Bonchev–Trinajstić information content (AvgIpc) is 3.25. The second-order valence-electron chi connectivity index (χ2n) is 7.46. The lowest BCUT2D eigenvalue weighted by Gasteiger charge is -2.22. The first kappa shape index (κ1) is 25.8. The maximum absolute atomic E-state index is 12.6. The SMILES string of the molecule is NCCCCC(NC(=O)C(CCCCN)NC(=O)CNC(=O)C1CCCN1)C(=O)O.